The number of carbonyl (C=O) groups excluding carboxylic acids is 1. The maximum Gasteiger partial charge on any atom is 0.261 e. The van der Waals surface area contributed by atoms with Crippen LogP contribution >= 0.6 is 0 Å². The summed E-state index contributed by atoms with van der Waals surface area (Å²) in [5.74, 6) is 0.669. The maximum atomic E-state index is 12.8. The van der Waals surface area contributed by atoms with E-state index in [0.717, 1.165) is 37.2 Å². The molecule has 0 aliphatic carbocycles. The summed E-state index contributed by atoms with van der Waals surface area (Å²) in [6, 6.07) is 13.3. The number of fused-ring (bicyclic) bond motifs is 2. The molecule has 27 heavy (non-hydrogen) atoms. The molecule has 0 fully saturated rings. The lowest BCUT2D eigenvalue weighted by Crippen LogP contribution is -2.28. The molecule has 1 amide bonds. The zero-order chi connectivity index (χ0) is 19.0. The monoisotopic (exact) mass is 361 g/mol. The summed E-state index contributed by atoms with van der Waals surface area (Å²) in [5.41, 5.74) is 3.41. The number of aromatic nitrogens is 2. The second kappa shape index (κ2) is 6.99. The van der Waals surface area contributed by atoms with E-state index < -0.39 is 0 Å². The number of hydrogen-bond acceptors (Lipinski definition) is 3. The van der Waals surface area contributed by atoms with Crippen molar-refractivity contribution < 1.29 is 4.79 Å². The van der Waals surface area contributed by atoms with Gasteiger partial charge < -0.3 is 5.32 Å². The SMILES string of the molecule is CC[C@H](NC(=O)c1ccc2c(=O)n3c(nc2c1)CCC3)c1ccc(C)cc1. The third-order valence-electron chi connectivity index (χ3n) is 5.27. The molecule has 4 rings (SSSR count). The Hall–Kier alpha value is -2.95. The predicted octanol–water partition coefficient (Wildman–Crippen LogP) is 3.53. The van der Waals surface area contributed by atoms with Gasteiger partial charge >= 0.3 is 0 Å². The van der Waals surface area contributed by atoms with E-state index in [1.54, 1.807) is 22.8 Å². The van der Waals surface area contributed by atoms with Gasteiger partial charge in [0.25, 0.3) is 11.5 Å². The highest BCUT2D eigenvalue weighted by molar-refractivity contribution is 5.97. The van der Waals surface area contributed by atoms with Crippen LogP contribution in [0.1, 0.15) is 53.1 Å². The van der Waals surface area contributed by atoms with Crippen LogP contribution in [-0.2, 0) is 13.0 Å². The van der Waals surface area contributed by atoms with E-state index in [9.17, 15) is 9.59 Å². The Morgan fingerprint density at radius 3 is 2.74 bits per heavy atom. The van der Waals surface area contributed by atoms with Crippen molar-refractivity contribution in [2.45, 2.75) is 45.7 Å². The fourth-order valence-electron chi connectivity index (χ4n) is 3.69. The summed E-state index contributed by atoms with van der Waals surface area (Å²) < 4.78 is 1.74. The number of carbonyl (C=O) groups is 1. The first-order valence-corrected chi connectivity index (χ1v) is 9.47. The molecule has 1 aliphatic rings. The standard InChI is InChI=1S/C22H23N3O2/c1-3-18(15-8-6-14(2)7-9-15)24-21(26)16-10-11-17-19(13-16)23-20-5-4-12-25(20)22(17)27/h6-11,13,18H,3-5,12H2,1-2H3,(H,24,26)/t18-/m0/s1. The fourth-order valence-corrected chi connectivity index (χ4v) is 3.69. The first kappa shape index (κ1) is 17.5. The van der Waals surface area contributed by atoms with Crippen molar-refractivity contribution in [2.75, 3.05) is 0 Å². The van der Waals surface area contributed by atoms with Gasteiger partial charge in [0.05, 0.1) is 16.9 Å². The second-order valence-electron chi connectivity index (χ2n) is 7.17. The third-order valence-corrected chi connectivity index (χ3v) is 5.27. The van der Waals surface area contributed by atoms with Crippen LogP contribution in [0, 0.1) is 6.92 Å². The van der Waals surface area contributed by atoms with Crippen LogP contribution in [0.25, 0.3) is 10.9 Å². The van der Waals surface area contributed by atoms with Crippen molar-refractivity contribution in [3.05, 3.63) is 75.3 Å². The molecule has 0 saturated heterocycles. The molecule has 1 aromatic heterocycles. The Morgan fingerprint density at radius 1 is 1.22 bits per heavy atom. The van der Waals surface area contributed by atoms with E-state index in [1.165, 1.54) is 5.56 Å². The first-order valence-electron chi connectivity index (χ1n) is 9.47. The van der Waals surface area contributed by atoms with Crippen LogP contribution in [0.2, 0.25) is 0 Å². The number of benzene rings is 2. The van der Waals surface area contributed by atoms with E-state index in [-0.39, 0.29) is 17.5 Å². The minimum Gasteiger partial charge on any atom is -0.345 e. The Morgan fingerprint density at radius 2 is 2.00 bits per heavy atom. The number of amides is 1. The zero-order valence-electron chi connectivity index (χ0n) is 15.7. The van der Waals surface area contributed by atoms with Crippen LogP contribution in [0.15, 0.2) is 47.3 Å². The molecule has 1 N–H and O–H groups in total. The van der Waals surface area contributed by atoms with Gasteiger partial charge in [0.2, 0.25) is 0 Å². The summed E-state index contributed by atoms with van der Waals surface area (Å²) >= 11 is 0. The normalized spacial score (nSPS) is 14.1. The Kier molecular flexibility index (Phi) is 4.52. The molecule has 3 aromatic rings. The van der Waals surface area contributed by atoms with Gasteiger partial charge in [-0.1, -0.05) is 36.8 Å². The van der Waals surface area contributed by atoms with Crippen molar-refractivity contribution in [1.29, 1.82) is 0 Å². The van der Waals surface area contributed by atoms with Gasteiger partial charge in [-0.25, -0.2) is 4.98 Å². The zero-order valence-corrected chi connectivity index (χ0v) is 15.7. The smallest absolute Gasteiger partial charge is 0.261 e. The summed E-state index contributed by atoms with van der Waals surface area (Å²) in [6.45, 7) is 4.83. The molecule has 2 heterocycles. The number of rotatable bonds is 4. The summed E-state index contributed by atoms with van der Waals surface area (Å²) in [4.78, 5) is 30.0. The summed E-state index contributed by atoms with van der Waals surface area (Å²) in [5, 5.41) is 3.67. The number of aryl methyl sites for hydroxylation is 2. The Labute approximate surface area is 158 Å². The highest BCUT2D eigenvalue weighted by Gasteiger charge is 2.18. The average molecular weight is 361 g/mol. The summed E-state index contributed by atoms with van der Waals surface area (Å²) in [7, 11) is 0. The molecular weight excluding hydrogens is 338 g/mol. The van der Waals surface area contributed by atoms with E-state index in [2.05, 4.69) is 41.5 Å². The lowest BCUT2D eigenvalue weighted by atomic mass is 10.0. The number of nitrogens with zero attached hydrogens (tertiary/aromatic N) is 2. The van der Waals surface area contributed by atoms with Crippen LogP contribution in [0.5, 0.6) is 0 Å². The van der Waals surface area contributed by atoms with E-state index >= 15 is 0 Å². The molecule has 0 bridgehead atoms. The highest BCUT2D eigenvalue weighted by Crippen LogP contribution is 2.20. The predicted molar refractivity (Wildman–Crippen MR) is 106 cm³/mol. The van der Waals surface area contributed by atoms with E-state index in [1.807, 2.05) is 6.92 Å². The third kappa shape index (κ3) is 3.25. The molecule has 0 radical (unpaired) electrons. The van der Waals surface area contributed by atoms with Gasteiger partial charge in [0.15, 0.2) is 0 Å². The lowest BCUT2D eigenvalue weighted by molar-refractivity contribution is 0.0935. The van der Waals surface area contributed by atoms with Crippen LogP contribution in [-0.4, -0.2) is 15.5 Å². The minimum absolute atomic E-state index is 0.00875. The largest absolute Gasteiger partial charge is 0.345 e. The minimum atomic E-state index is -0.147. The van der Waals surface area contributed by atoms with Crippen molar-refractivity contribution in [3.8, 4) is 0 Å². The van der Waals surface area contributed by atoms with E-state index in [0.29, 0.717) is 16.5 Å². The average Bonchev–Trinajstić information content (AvgIpc) is 3.15. The van der Waals surface area contributed by atoms with Gasteiger partial charge in [-0.3, -0.25) is 14.2 Å². The molecule has 0 unspecified atom stereocenters. The Bertz CT molecular complexity index is 1070. The van der Waals surface area contributed by atoms with Crippen molar-refractivity contribution >= 4 is 16.8 Å². The van der Waals surface area contributed by atoms with Crippen molar-refractivity contribution in [2.24, 2.45) is 0 Å². The highest BCUT2D eigenvalue weighted by atomic mass is 16.1. The van der Waals surface area contributed by atoms with Crippen molar-refractivity contribution in [1.82, 2.24) is 14.9 Å². The van der Waals surface area contributed by atoms with Crippen LogP contribution < -0.4 is 10.9 Å². The molecule has 2 aromatic carbocycles. The molecule has 5 nitrogen and oxygen atoms in total. The van der Waals surface area contributed by atoms with Crippen LogP contribution in [0.3, 0.4) is 0 Å². The van der Waals surface area contributed by atoms with Gasteiger partial charge in [0.1, 0.15) is 5.82 Å². The molecular formula is C22H23N3O2. The molecule has 1 aliphatic heterocycles. The van der Waals surface area contributed by atoms with Crippen LogP contribution in [0.4, 0.5) is 0 Å². The Balaban J connectivity index is 1.63. The van der Waals surface area contributed by atoms with Gasteiger partial charge in [-0.05, 0) is 43.5 Å². The molecule has 138 valence electrons. The second-order valence-corrected chi connectivity index (χ2v) is 7.17. The molecule has 5 heteroatoms. The first-order chi connectivity index (χ1) is 13.1. The molecule has 0 saturated carbocycles. The number of nitrogens with one attached hydrogen (secondary N) is 1. The van der Waals surface area contributed by atoms with Gasteiger partial charge in [-0.2, -0.15) is 0 Å². The number of hydrogen-bond donors (Lipinski definition) is 1. The fraction of sp³-hybridized carbons (Fsp3) is 0.318. The maximum absolute atomic E-state index is 12.8. The van der Waals surface area contributed by atoms with E-state index in [4.69, 9.17) is 0 Å². The van der Waals surface area contributed by atoms with Crippen molar-refractivity contribution in [3.63, 3.8) is 0 Å². The lowest BCUT2D eigenvalue weighted by Gasteiger charge is -2.18. The summed E-state index contributed by atoms with van der Waals surface area (Å²) in [6.07, 6.45) is 2.56. The quantitative estimate of drug-likeness (QED) is 0.773. The van der Waals surface area contributed by atoms with Gasteiger partial charge in [-0.15, -0.1) is 0 Å². The molecule has 0 spiro atoms. The van der Waals surface area contributed by atoms with Gasteiger partial charge in [0, 0.05) is 18.5 Å². The topological polar surface area (TPSA) is 64.0 Å². The molecule has 1 atom stereocenters.